The van der Waals surface area contributed by atoms with E-state index >= 15 is 0 Å². The number of rotatable bonds is 3. The van der Waals surface area contributed by atoms with E-state index in [2.05, 4.69) is 10.3 Å². The summed E-state index contributed by atoms with van der Waals surface area (Å²) in [5.74, 6) is 0.884. The van der Waals surface area contributed by atoms with Gasteiger partial charge >= 0.3 is 6.03 Å². The van der Waals surface area contributed by atoms with Crippen LogP contribution in [0.4, 0.5) is 10.6 Å². The lowest BCUT2D eigenvalue weighted by Gasteiger charge is -2.30. The van der Waals surface area contributed by atoms with Crippen molar-refractivity contribution in [3.63, 3.8) is 0 Å². The van der Waals surface area contributed by atoms with Crippen molar-refractivity contribution in [3.05, 3.63) is 10.4 Å². The number of thiazole rings is 1. The van der Waals surface area contributed by atoms with Gasteiger partial charge in [-0.2, -0.15) is 0 Å². The molecule has 1 aromatic heterocycles. The summed E-state index contributed by atoms with van der Waals surface area (Å²) in [7, 11) is -3.51. The third kappa shape index (κ3) is 3.92. The van der Waals surface area contributed by atoms with Crippen LogP contribution in [0.25, 0.3) is 0 Å². The topological polar surface area (TPSA) is 105 Å². The Morgan fingerprint density at radius 1 is 1.48 bits per heavy atom. The fourth-order valence-electron chi connectivity index (χ4n) is 2.33. The summed E-state index contributed by atoms with van der Waals surface area (Å²) in [4.78, 5) is 19.0. The van der Waals surface area contributed by atoms with Crippen LogP contribution < -0.4 is 10.5 Å². The number of aromatic nitrogens is 1. The number of carbonyl (C=O) groups excluding carboxylic acids is 1. The van der Waals surface area contributed by atoms with Crippen LogP contribution in [0.1, 0.15) is 37.5 Å². The molecule has 1 fully saturated rings. The van der Waals surface area contributed by atoms with E-state index in [1.54, 1.807) is 10.4 Å². The summed E-state index contributed by atoms with van der Waals surface area (Å²) in [6.07, 6.45) is 0.751. The van der Waals surface area contributed by atoms with E-state index in [4.69, 9.17) is 5.14 Å². The van der Waals surface area contributed by atoms with Gasteiger partial charge in [-0.05, 0) is 18.8 Å². The molecule has 118 valence electrons. The Morgan fingerprint density at radius 2 is 2.10 bits per heavy atom. The first-order valence-corrected chi connectivity index (χ1v) is 9.29. The number of nitrogens with zero attached hydrogens (tertiary/aromatic N) is 2. The first-order valence-electron chi connectivity index (χ1n) is 6.80. The average Bonchev–Trinajstić information content (AvgIpc) is 2.86. The van der Waals surface area contributed by atoms with E-state index in [9.17, 15) is 13.2 Å². The second-order valence-electron chi connectivity index (χ2n) is 5.43. The molecule has 2 rings (SSSR count). The Kier molecular flexibility index (Phi) is 4.84. The van der Waals surface area contributed by atoms with E-state index in [1.165, 1.54) is 11.3 Å². The summed E-state index contributed by atoms with van der Waals surface area (Å²) in [5, 5.41) is 7.39. The van der Waals surface area contributed by atoms with Crippen LogP contribution in [0.5, 0.6) is 0 Å². The SMILES string of the molecule is CC(C)c1scnc1NC(=O)N1CCC(S(N)(=O)=O)CC1. The number of hydrogen-bond acceptors (Lipinski definition) is 5. The lowest BCUT2D eigenvalue weighted by molar-refractivity contribution is 0.200. The Labute approximate surface area is 128 Å². The molecule has 0 aliphatic carbocycles. The summed E-state index contributed by atoms with van der Waals surface area (Å²) in [6.45, 7) is 4.85. The van der Waals surface area contributed by atoms with Crippen LogP contribution in [0.3, 0.4) is 0 Å². The molecular weight excluding hydrogens is 312 g/mol. The van der Waals surface area contributed by atoms with Gasteiger partial charge in [0.15, 0.2) is 0 Å². The number of piperidine rings is 1. The standard InChI is InChI=1S/C12H20N4O3S2/c1-8(2)10-11(14-7-20-10)15-12(17)16-5-3-9(4-6-16)21(13,18)19/h7-9H,3-6H2,1-2H3,(H,15,17)(H2,13,18,19). The maximum absolute atomic E-state index is 12.2. The fourth-order valence-corrected chi connectivity index (χ4v) is 3.95. The highest BCUT2D eigenvalue weighted by Crippen LogP contribution is 2.27. The molecule has 2 amide bonds. The Hall–Kier alpha value is -1.19. The van der Waals surface area contributed by atoms with Crippen molar-refractivity contribution in [2.24, 2.45) is 5.14 Å². The van der Waals surface area contributed by atoms with Gasteiger partial charge in [0.05, 0.1) is 15.6 Å². The van der Waals surface area contributed by atoms with Gasteiger partial charge in [-0.1, -0.05) is 13.8 Å². The Morgan fingerprint density at radius 3 is 2.62 bits per heavy atom. The molecule has 21 heavy (non-hydrogen) atoms. The zero-order chi connectivity index (χ0) is 15.6. The molecule has 2 heterocycles. The monoisotopic (exact) mass is 332 g/mol. The van der Waals surface area contributed by atoms with Gasteiger partial charge in [0.1, 0.15) is 5.82 Å². The summed E-state index contributed by atoms with van der Waals surface area (Å²) in [6, 6.07) is -0.240. The quantitative estimate of drug-likeness (QED) is 0.876. The third-order valence-corrected chi connectivity index (χ3v) is 6.07. The van der Waals surface area contributed by atoms with Crippen LogP contribution in [-0.2, 0) is 10.0 Å². The zero-order valence-electron chi connectivity index (χ0n) is 12.1. The van der Waals surface area contributed by atoms with E-state index in [0.29, 0.717) is 37.7 Å². The van der Waals surface area contributed by atoms with Crippen molar-refractivity contribution in [3.8, 4) is 0 Å². The number of nitrogens with one attached hydrogen (secondary N) is 1. The summed E-state index contributed by atoms with van der Waals surface area (Å²) < 4.78 is 22.6. The van der Waals surface area contributed by atoms with Crippen molar-refractivity contribution in [2.75, 3.05) is 18.4 Å². The third-order valence-electron chi connectivity index (χ3n) is 3.54. The van der Waals surface area contributed by atoms with Crippen LogP contribution >= 0.6 is 11.3 Å². The highest BCUT2D eigenvalue weighted by molar-refractivity contribution is 7.89. The average molecular weight is 332 g/mol. The van der Waals surface area contributed by atoms with Gasteiger partial charge in [0.25, 0.3) is 0 Å². The predicted molar refractivity (Wildman–Crippen MR) is 82.9 cm³/mol. The maximum atomic E-state index is 12.2. The zero-order valence-corrected chi connectivity index (χ0v) is 13.7. The Bertz CT molecular complexity index is 604. The van der Waals surface area contributed by atoms with Crippen molar-refractivity contribution >= 4 is 33.2 Å². The minimum Gasteiger partial charge on any atom is -0.324 e. The number of nitrogens with two attached hydrogens (primary N) is 1. The Balaban J connectivity index is 1.95. The van der Waals surface area contributed by atoms with E-state index in [0.717, 1.165) is 4.88 Å². The van der Waals surface area contributed by atoms with Crippen LogP contribution in [0, 0.1) is 0 Å². The first-order chi connectivity index (χ1) is 9.79. The second-order valence-corrected chi connectivity index (χ2v) is 8.16. The molecule has 1 aliphatic rings. The molecule has 9 heteroatoms. The number of hydrogen-bond donors (Lipinski definition) is 2. The molecule has 0 unspecified atom stereocenters. The normalized spacial score (nSPS) is 17.2. The molecule has 0 spiro atoms. The maximum Gasteiger partial charge on any atom is 0.323 e. The molecular formula is C12H20N4O3S2. The largest absolute Gasteiger partial charge is 0.324 e. The molecule has 0 bridgehead atoms. The summed E-state index contributed by atoms with van der Waals surface area (Å²) in [5.41, 5.74) is 1.71. The van der Waals surface area contributed by atoms with Crippen molar-refractivity contribution in [1.82, 2.24) is 9.88 Å². The first kappa shape index (κ1) is 16.2. The highest BCUT2D eigenvalue weighted by Gasteiger charge is 2.29. The number of carbonyl (C=O) groups is 1. The number of primary sulfonamides is 1. The van der Waals surface area contributed by atoms with Gasteiger partial charge in [-0.15, -0.1) is 11.3 Å². The molecule has 0 radical (unpaired) electrons. The molecule has 1 aromatic rings. The minimum absolute atomic E-state index is 0.240. The number of urea groups is 1. The van der Waals surface area contributed by atoms with Gasteiger partial charge in [-0.25, -0.2) is 23.3 Å². The van der Waals surface area contributed by atoms with E-state index in [1.807, 2.05) is 13.8 Å². The number of sulfonamides is 1. The highest BCUT2D eigenvalue weighted by atomic mass is 32.2. The molecule has 1 aliphatic heterocycles. The second kappa shape index (κ2) is 6.29. The molecule has 7 nitrogen and oxygen atoms in total. The molecule has 0 saturated carbocycles. The lowest BCUT2D eigenvalue weighted by atomic mass is 10.1. The predicted octanol–water partition coefficient (Wildman–Crippen LogP) is 1.55. The van der Waals surface area contributed by atoms with Gasteiger partial charge < -0.3 is 4.90 Å². The number of likely N-dealkylation sites (tertiary alicyclic amines) is 1. The van der Waals surface area contributed by atoms with Gasteiger partial charge in [-0.3, -0.25) is 5.32 Å². The van der Waals surface area contributed by atoms with Crippen molar-refractivity contribution in [2.45, 2.75) is 37.9 Å². The summed E-state index contributed by atoms with van der Waals surface area (Å²) >= 11 is 1.51. The smallest absolute Gasteiger partial charge is 0.323 e. The van der Waals surface area contributed by atoms with Gasteiger partial charge in [0, 0.05) is 13.1 Å². The molecule has 1 saturated heterocycles. The van der Waals surface area contributed by atoms with Gasteiger partial charge in [0.2, 0.25) is 10.0 Å². The molecule has 0 aromatic carbocycles. The number of amides is 2. The van der Waals surface area contributed by atoms with E-state index in [-0.39, 0.29) is 6.03 Å². The molecule has 0 atom stereocenters. The molecule has 3 N–H and O–H groups in total. The number of anilines is 1. The van der Waals surface area contributed by atoms with Crippen LogP contribution in [0.2, 0.25) is 0 Å². The lowest BCUT2D eigenvalue weighted by Crippen LogP contribution is -2.45. The van der Waals surface area contributed by atoms with E-state index < -0.39 is 15.3 Å². The fraction of sp³-hybridized carbons (Fsp3) is 0.667. The van der Waals surface area contributed by atoms with Crippen LogP contribution in [-0.4, -0.2) is 42.7 Å². The minimum atomic E-state index is -3.51. The van der Waals surface area contributed by atoms with Crippen LogP contribution in [0.15, 0.2) is 5.51 Å². The van der Waals surface area contributed by atoms with Crippen molar-refractivity contribution in [1.29, 1.82) is 0 Å². The van der Waals surface area contributed by atoms with Crippen molar-refractivity contribution < 1.29 is 13.2 Å².